The zero-order valence-corrected chi connectivity index (χ0v) is 12.2. The van der Waals surface area contributed by atoms with E-state index >= 15 is 0 Å². The van der Waals surface area contributed by atoms with Crippen LogP contribution in [0.5, 0.6) is 0 Å². The monoisotopic (exact) mass is 253 g/mol. The first-order valence-electron chi connectivity index (χ1n) is 6.66. The Kier molecular flexibility index (Phi) is 8.38. The molecule has 0 aliphatic carbocycles. The van der Waals surface area contributed by atoms with E-state index in [2.05, 4.69) is 23.8 Å². The van der Waals surface area contributed by atoms with Gasteiger partial charge in [-0.15, -0.1) is 0 Å². The average molecular weight is 253 g/mol. The lowest BCUT2D eigenvalue weighted by molar-refractivity contribution is -0.140. The van der Waals surface area contributed by atoms with E-state index in [1.165, 1.54) is 12.7 Å². The van der Waals surface area contributed by atoms with Gasteiger partial charge in [0.05, 0.1) is 7.11 Å². The van der Waals surface area contributed by atoms with Gasteiger partial charge in [-0.1, -0.05) is 25.2 Å². The summed E-state index contributed by atoms with van der Waals surface area (Å²) in [6.45, 7) is 6.80. The van der Waals surface area contributed by atoms with Crippen molar-refractivity contribution < 1.29 is 9.53 Å². The fourth-order valence-corrected chi connectivity index (χ4v) is 2.32. The minimum absolute atomic E-state index is 0.0186. The summed E-state index contributed by atoms with van der Waals surface area (Å²) in [5.41, 5.74) is 7.23. The molecule has 1 unspecified atom stereocenters. The first kappa shape index (κ1) is 16.9. The van der Waals surface area contributed by atoms with Crippen LogP contribution in [0.2, 0.25) is 0 Å². The predicted molar refractivity (Wildman–Crippen MR) is 76.2 cm³/mol. The van der Waals surface area contributed by atoms with Crippen LogP contribution in [0.4, 0.5) is 0 Å². The van der Waals surface area contributed by atoms with Crippen LogP contribution in [0.15, 0.2) is 23.8 Å². The van der Waals surface area contributed by atoms with Gasteiger partial charge < -0.3 is 10.5 Å². The first-order valence-corrected chi connectivity index (χ1v) is 6.66. The molecule has 1 atom stereocenters. The number of esters is 1. The molecular weight excluding hydrogens is 226 g/mol. The van der Waals surface area contributed by atoms with Crippen molar-refractivity contribution in [2.45, 2.75) is 46.5 Å². The smallest absolute Gasteiger partial charge is 0.305 e. The molecule has 3 heteroatoms. The van der Waals surface area contributed by atoms with E-state index < -0.39 is 0 Å². The van der Waals surface area contributed by atoms with E-state index in [4.69, 9.17) is 5.73 Å². The van der Waals surface area contributed by atoms with Crippen LogP contribution in [0.25, 0.3) is 0 Å². The third kappa shape index (κ3) is 4.65. The van der Waals surface area contributed by atoms with Crippen molar-refractivity contribution in [1.82, 2.24) is 0 Å². The Hall–Kier alpha value is -1.09. The molecule has 0 saturated heterocycles. The standard InChI is InChI=1S/C15H27NO2/c1-5-9-13(6-2)15(7-3,12-16)11-8-10-14(17)18-4/h5-6,9H,7-8,10-12,16H2,1-4H3/b9-5-,13-6+. The Morgan fingerprint density at radius 2 is 2.06 bits per heavy atom. The highest BCUT2D eigenvalue weighted by molar-refractivity contribution is 5.69. The summed E-state index contributed by atoms with van der Waals surface area (Å²) in [6, 6.07) is 0. The number of ether oxygens (including phenoxy) is 1. The van der Waals surface area contributed by atoms with E-state index in [9.17, 15) is 4.79 Å². The van der Waals surface area contributed by atoms with E-state index in [-0.39, 0.29) is 11.4 Å². The normalized spacial score (nSPS) is 15.7. The van der Waals surface area contributed by atoms with E-state index in [1.54, 1.807) is 0 Å². The Morgan fingerprint density at radius 3 is 2.44 bits per heavy atom. The van der Waals surface area contributed by atoms with Gasteiger partial charge in [-0.05, 0) is 38.7 Å². The second-order valence-electron chi connectivity index (χ2n) is 4.51. The quantitative estimate of drug-likeness (QED) is 0.534. The second kappa shape index (κ2) is 8.92. The van der Waals surface area contributed by atoms with E-state index in [0.29, 0.717) is 13.0 Å². The van der Waals surface area contributed by atoms with Crippen molar-refractivity contribution in [3.63, 3.8) is 0 Å². The number of allylic oxidation sites excluding steroid dienone is 3. The Labute approximate surface area is 111 Å². The van der Waals surface area contributed by atoms with Gasteiger partial charge in [-0.3, -0.25) is 4.79 Å². The highest BCUT2D eigenvalue weighted by atomic mass is 16.5. The summed E-state index contributed by atoms with van der Waals surface area (Å²) in [5, 5.41) is 0. The van der Waals surface area contributed by atoms with Gasteiger partial charge in [0, 0.05) is 18.4 Å². The van der Waals surface area contributed by atoms with E-state index in [0.717, 1.165) is 19.3 Å². The van der Waals surface area contributed by atoms with E-state index in [1.807, 2.05) is 19.9 Å². The molecule has 18 heavy (non-hydrogen) atoms. The van der Waals surface area contributed by atoms with Crippen LogP contribution < -0.4 is 5.73 Å². The highest BCUT2D eigenvalue weighted by Crippen LogP contribution is 2.36. The Bertz CT molecular complexity index is 302. The minimum Gasteiger partial charge on any atom is -0.469 e. The molecule has 0 rings (SSSR count). The van der Waals surface area contributed by atoms with Crippen molar-refractivity contribution in [2.24, 2.45) is 11.1 Å². The third-order valence-corrected chi connectivity index (χ3v) is 3.60. The summed E-state index contributed by atoms with van der Waals surface area (Å²) in [4.78, 5) is 11.2. The lowest BCUT2D eigenvalue weighted by Crippen LogP contribution is -2.31. The van der Waals surface area contributed by atoms with Crippen molar-refractivity contribution in [2.75, 3.05) is 13.7 Å². The number of nitrogens with two attached hydrogens (primary N) is 1. The van der Waals surface area contributed by atoms with Gasteiger partial charge in [0.2, 0.25) is 0 Å². The summed E-state index contributed by atoms with van der Waals surface area (Å²) >= 11 is 0. The van der Waals surface area contributed by atoms with Crippen LogP contribution in [0.3, 0.4) is 0 Å². The third-order valence-electron chi connectivity index (χ3n) is 3.60. The molecule has 0 saturated carbocycles. The molecule has 0 aromatic heterocycles. The molecule has 0 fully saturated rings. The van der Waals surface area contributed by atoms with Crippen LogP contribution in [0, 0.1) is 5.41 Å². The molecule has 0 aromatic rings. The number of hydrogen-bond acceptors (Lipinski definition) is 3. The zero-order chi connectivity index (χ0) is 14.0. The fourth-order valence-electron chi connectivity index (χ4n) is 2.32. The highest BCUT2D eigenvalue weighted by Gasteiger charge is 2.29. The molecule has 0 aliphatic heterocycles. The maximum absolute atomic E-state index is 11.2. The molecule has 0 aromatic carbocycles. The molecule has 0 radical (unpaired) electrons. The van der Waals surface area contributed by atoms with Crippen molar-refractivity contribution in [3.05, 3.63) is 23.8 Å². The minimum atomic E-state index is -0.148. The SMILES string of the molecule is C/C=C\C(=C/C)C(CC)(CN)CCCC(=O)OC. The van der Waals surface area contributed by atoms with Crippen molar-refractivity contribution in [1.29, 1.82) is 0 Å². The molecule has 3 nitrogen and oxygen atoms in total. The van der Waals surface area contributed by atoms with Crippen LogP contribution >= 0.6 is 0 Å². The second-order valence-corrected chi connectivity index (χ2v) is 4.51. The predicted octanol–water partition coefficient (Wildman–Crippen LogP) is 3.21. The summed E-state index contributed by atoms with van der Waals surface area (Å²) in [7, 11) is 1.43. The van der Waals surface area contributed by atoms with Crippen LogP contribution in [-0.2, 0) is 9.53 Å². The molecular formula is C15H27NO2. The average Bonchev–Trinajstić information content (AvgIpc) is 2.41. The summed E-state index contributed by atoms with van der Waals surface area (Å²) < 4.78 is 4.67. The van der Waals surface area contributed by atoms with Crippen LogP contribution in [0.1, 0.15) is 46.5 Å². The lowest BCUT2D eigenvalue weighted by atomic mass is 9.73. The largest absolute Gasteiger partial charge is 0.469 e. The maximum atomic E-state index is 11.2. The van der Waals surface area contributed by atoms with Crippen molar-refractivity contribution >= 4 is 5.97 Å². The molecule has 0 bridgehead atoms. The summed E-state index contributed by atoms with van der Waals surface area (Å²) in [6.07, 6.45) is 9.45. The Morgan fingerprint density at radius 1 is 1.39 bits per heavy atom. The lowest BCUT2D eigenvalue weighted by Gasteiger charge is -2.33. The molecule has 0 aliphatic rings. The number of carbonyl (C=O) groups is 1. The van der Waals surface area contributed by atoms with Gasteiger partial charge in [-0.25, -0.2) is 0 Å². The molecule has 0 heterocycles. The first-order chi connectivity index (χ1) is 8.60. The fraction of sp³-hybridized carbons (Fsp3) is 0.667. The van der Waals surface area contributed by atoms with Gasteiger partial charge in [0.15, 0.2) is 0 Å². The van der Waals surface area contributed by atoms with Gasteiger partial charge in [-0.2, -0.15) is 0 Å². The maximum Gasteiger partial charge on any atom is 0.305 e. The van der Waals surface area contributed by atoms with Gasteiger partial charge in [0.25, 0.3) is 0 Å². The number of carbonyl (C=O) groups excluding carboxylic acids is 1. The molecule has 0 amide bonds. The number of hydrogen-bond donors (Lipinski definition) is 1. The molecule has 104 valence electrons. The number of methoxy groups -OCH3 is 1. The van der Waals surface area contributed by atoms with Gasteiger partial charge >= 0.3 is 5.97 Å². The van der Waals surface area contributed by atoms with Crippen LogP contribution in [-0.4, -0.2) is 19.6 Å². The molecule has 2 N–H and O–H groups in total. The van der Waals surface area contributed by atoms with Crippen molar-refractivity contribution in [3.8, 4) is 0 Å². The zero-order valence-electron chi connectivity index (χ0n) is 12.2. The topological polar surface area (TPSA) is 52.3 Å². The van der Waals surface area contributed by atoms with Gasteiger partial charge in [0.1, 0.15) is 0 Å². The molecule has 0 spiro atoms. The summed E-state index contributed by atoms with van der Waals surface area (Å²) in [5.74, 6) is -0.148. The number of rotatable bonds is 8. The Balaban J connectivity index is 4.76.